The minimum atomic E-state index is -1.02. The quantitative estimate of drug-likeness (QED) is 0.470. The fourth-order valence-corrected chi connectivity index (χ4v) is 2.72. The molecule has 100 valence electrons. The number of rotatable bonds is 2. The van der Waals surface area contributed by atoms with Crippen LogP contribution in [0.25, 0.3) is 0 Å². The Bertz CT molecular complexity index is 554. The van der Waals surface area contributed by atoms with Crippen LogP contribution < -0.4 is 11.2 Å². The van der Waals surface area contributed by atoms with Crippen molar-refractivity contribution in [3.8, 4) is 0 Å². The Morgan fingerprint density at radius 2 is 2.11 bits per heavy atom. The second kappa shape index (κ2) is 5.11. The number of aliphatic hydroxyl groups is 3. The molecule has 2 rings (SSSR count). The zero-order valence-corrected chi connectivity index (χ0v) is 11.4. The van der Waals surface area contributed by atoms with Crippen molar-refractivity contribution in [2.45, 2.75) is 24.7 Å². The number of hydrogen-bond acceptors (Lipinski definition) is 5. The number of hydrogen-bond donors (Lipinski definition) is 4. The van der Waals surface area contributed by atoms with Gasteiger partial charge in [-0.15, -0.1) is 0 Å². The Morgan fingerprint density at radius 3 is 2.67 bits per heavy atom. The van der Waals surface area contributed by atoms with Gasteiger partial charge in [-0.2, -0.15) is 0 Å². The summed E-state index contributed by atoms with van der Waals surface area (Å²) >= 11 is 1.78. The molecule has 4 N–H and O–H groups in total. The smallest absolute Gasteiger partial charge is 0.328 e. The molecule has 0 amide bonds. The van der Waals surface area contributed by atoms with Gasteiger partial charge in [0.2, 0.25) is 0 Å². The van der Waals surface area contributed by atoms with E-state index in [1.165, 1.54) is 10.8 Å². The van der Waals surface area contributed by atoms with Gasteiger partial charge in [0.1, 0.15) is 0 Å². The third kappa shape index (κ3) is 2.25. The molecule has 0 aliphatic heterocycles. The molecule has 18 heavy (non-hydrogen) atoms. The average Bonchev–Trinajstić information content (AvgIpc) is 2.59. The highest BCUT2D eigenvalue weighted by Crippen LogP contribution is 2.34. The summed E-state index contributed by atoms with van der Waals surface area (Å²) in [5.74, 6) is -0.675. The summed E-state index contributed by atoms with van der Waals surface area (Å²) < 4.78 is 1.52. The van der Waals surface area contributed by atoms with Gasteiger partial charge in [0.25, 0.3) is 5.56 Å². The molecule has 4 atom stereocenters. The Hall–Kier alpha value is -0.710. The first kappa shape index (κ1) is 13.7. The van der Waals surface area contributed by atoms with Crippen LogP contribution in [0, 0.1) is 9.49 Å². The summed E-state index contributed by atoms with van der Waals surface area (Å²) in [7, 11) is 0. The summed E-state index contributed by atoms with van der Waals surface area (Å²) in [5, 5.41) is 28.8. The van der Waals surface area contributed by atoms with Gasteiger partial charge >= 0.3 is 5.69 Å². The maximum atomic E-state index is 11.7. The molecule has 0 aromatic carbocycles. The number of H-pyrrole nitrogens is 1. The Balaban J connectivity index is 2.42. The summed E-state index contributed by atoms with van der Waals surface area (Å²) in [6.07, 6.45) is -0.382. The highest BCUT2D eigenvalue weighted by molar-refractivity contribution is 14.1. The van der Waals surface area contributed by atoms with Crippen molar-refractivity contribution in [2.75, 3.05) is 6.61 Å². The summed E-state index contributed by atoms with van der Waals surface area (Å²) in [4.78, 5) is 25.1. The number of halogens is 1. The number of aliphatic hydroxyl groups excluding tert-OH is 3. The molecule has 1 aromatic rings. The number of nitrogens with one attached hydrogen (secondary N) is 1. The molecular weight excluding hydrogens is 355 g/mol. The molecule has 1 fully saturated rings. The standard InChI is InChI=1S/C10H13IN2O5/c11-5-2-13(10(18)12-9(5)17)6-1-7(15)4(3-14)8(6)16/h2,4,6-8,14-16H,1,3H2,(H,12,17,18)/t4-,6+,7+,8-/m1/s1. The lowest BCUT2D eigenvalue weighted by Gasteiger charge is -2.20. The maximum Gasteiger partial charge on any atom is 0.328 e. The molecule has 1 aliphatic carbocycles. The first-order valence-corrected chi connectivity index (χ1v) is 6.51. The van der Waals surface area contributed by atoms with E-state index in [1.54, 1.807) is 22.6 Å². The van der Waals surface area contributed by atoms with Crippen LogP contribution in [0.1, 0.15) is 12.5 Å². The van der Waals surface area contributed by atoms with Crippen LogP contribution in [0.2, 0.25) is 0 Å². The van der Waals surface area contributed by atoms with Gasteiger partial charge in [-0.3, -0.25) is 14.3 Å². The van der Waals surface area contributed by atoms with Crippen LogP contribution in [-0.2, 0) is 0 Å². The molecule has 0 bridgehead atoms. The van der Waals surface area contributed by atoms with Crippen molar-refractivity contribution in [2.24, 2.45) is 5.92 Å². The molecule has 0 radical (unpaired) electrons. The number of nitrogens with zero attached hydrogens (tertiary/aromatic N) is 1. The Labute approximate surface area is 115 Å². The van der Waals surface area contributed by atoms with E-state index in [2.05, 4.69) is 4.98 Å². The predicted octanol–water partition coefficient (Wildman–Crippen LogP) is -1.58. The van der Waals surface area contributed by atoms with Gasteiger partial charge in [0.15, 0.2) is 0 Å². The van der Waals surface area contributed by atoms with E-state index in [0.717, 1.165) is 0 Å². The maximum absolute atomic E-state index is 11.7. The Kier molecular flexibility index (Phi) is 3.90. The first-order chi connectivity index (χ1) is 8.45. The summed E-state index contributed by atoms with van der Waals surface area (Å²) in [6, 6.07) is -0.644. The highest BCUT2D eigenvalue weighted by atomic mass is 127. The number of aromatic nitrogens is 2. The second-order valence-corrected chi connectivity index (χ2v) is 5.51. The first-order valence-electron chi connectivity index (χ1n) is 5.43. The van der Waals surface area contributed by atoms with Crippen LogP contribution in [0.3, 0.4) is 0 Å². The minimum Gasteiger partial charge on any atom is -0.396 e. The summed E-state index contributed by atoms with van der Waals surface area (Å²) in [6.45, 7) is -0.353. The lowest BCUT2D eigenvalue weighted by Crippen LogP contribution is -2.37. The molecule has 0 unspecified atom stereocenters. The van der Waals surface area contributed by atoms with Crippen LogP contribution >= 0.6 is 22.6 Å². The zero-order chi connectivity index (χ0) is 13.4. The molecule has 7 nitrogen and oxygen atoms in total. The lowest BCUT2D eigenvalue weighted by atomic mass is 10.0. The van der Waals surface area contributed by atoms with E-state index in [0.29, 0.717) is 3.57 Å². The fraction of sp³-hybridized carbons (Fsp3) is 0.600. The number of aromatic amines is 1. The van der Waals surface area contributed by atoms with Crippen LogP contribution in [0.5, 0.6) is 0 Å². The normalized spacial score (nSPS) is 31.8. The molecule has 0 spiro atoms. The van der Waals surface area contributed by atoms with Crippen LogP contribution in [0.15, 0.2) is 15.8 Å². The van der Waals surface area contributed by atoms with Gasteiger partial charge in [0, 0.05) is 12.1 Å². The van der Waals surface area contributed by atoms with E-state index in [4.69, 9.17) is 5.11 Å². The Morgan fingerprint density at radius 1 is 1.44 bits per heavy atom. The molecule has 0 saturated heterocycles. The van der Waals surface area contributed by atoms with Crippen molar-refractivity contribution in [1.82, 2.24) is 9.55 Å². The highest BCUT2D eigenvalue weighted by Gasteiger charge is 2.42. The van der Waals surface area contributed by atoms with Crippen molar-refractivity contribution in [3.05, 3.63) is 30.6 Å². The van der Waals surface area contributed by atoms with Crippen LogP contribution in [0.4, 0.5) is 0 Å². The van der Waals surface area contributed by atoms with E-state index < -0.39 is 35.4 Å². The van der Waals surface area contributed by atoms with Gasteiger partial charge < -0.3 is 15.3 Å². The van der Waals surface area contributed by atoms with E-state index in [-0.39, 0.29) is 13.0 Å². The molecular formula is C10H13IN2O5. The largest absolute Gasteiger partial charge is 0.396 e. The molecule has 8 heteroatoms. The third-order valence-corrected chi connectivity index (χ3v) is 4.07. The summed E-state index contributed by atoms with van der Waals surface area (Å²) in [5.41, 5.74) is -1.11. The van der Waals surface area contributed by atoms with Crippen molar-refractivity contribution >= 4 is 22.6 Å². The molecule has 1 heterocycles. The lowest BCUT2D eigenvalue weighted by molar-refractivity contribution is 0.0206. The van der Waals surface area contributed by atoms with E-state index >= 15 is 0 Å². The monoisotopic (exact) mass is 368 g/mol. The van der Waals surface area contributed by atoms with Crippen molar-refractivity contribution in [3.63, 3.8) is 0 Å². The minimum absolute atomic E-state index is 0.161. The van der Waals surface area contributed by atoms with E-state index in [9.17, 15) is 19.8 Å². The predicted molar refractivity (Wildman–Crippen MR) is 70.3 cm³/mol. The topological polar surface area (TPSA) is 116 Å². The zero-order valence-electron chi connectivity index (χ0n) is 9.28. The van der Waals surface area contributed by atoms with Gasteiger partial charge in [-0.05, 0) is 29.0 Å². The fourth-order valence-electron chi connectivity index (χ4n) is 2.29. The molecule has 1 aliphatic rings. The molecule has 1 aromatic heterocycles. The molecule has 1 saturated carbocycles. The van der Waals surface area contributed by atoms with Gasteiger partial charge in [0.05, 0.1) is 28.4 Å². The van der Waals surface area contributed by atoms with Crippen molar-refractivity contribution < 1.29 is 15.3 Å². The van der Waals surface area contributed by atoms with Gasteiger partial charge in [-0.1, -0.05) is 0 Å². The van der Waals surface area contributed by atoms with Crippen LogP contribution in [-0.4, -0.2) is 43.7 Å². The SMILES string of the molecule is O=c1[nH]c(=O)n([C@H]2C[C@H](O)[C@@H](CO)[C@H]2O)cc1I. The van der Waals surface area contributed by atoms with Crippen molar-refractivity contribution in [1.29, 1.82) is 0 Å². The third-order valence-electron chi connectivity index (χ3n) is 3.30. The average molecular weight is 368 g/mol. The second-order valence-electron chi connectivity index (χ2n) is 4.35. The van der Waals surface area contributed by atoms with Gasteiger partial charge in [-0.25, -0.2) is 4.79 Å². The van der Waals surface area contributed by atoms with E-state index in [1.807, 2.05) is 0 Å².